The van der Waals surface area contributed by atoms with Crippen molar-refractivity contribution in [2.45, 2.75) is 5.41 Å². The van der Waals surface area contributed by atoms with Gasteiger partial charge in [-0.15, -0.1) is 0 Å². The minimum Gasteiger partial charge on any atom is -0.254 e. The van der Waals surface area contributed by atoms with Gasteiger partial charge in [0.2, 0.25) is 0 Å². The van der Waals surface area contributed by atoms with Gasteiger partial charge < -0.3 is 0 Å². The van der Waals surface area contributed by atoms with Crippen LogP contribution in [0.25, 0.3) is 66.1 Å². The lowest BCUT2D eigenvalue weighted by Gasteiger charge is -2.40. The van der Waals surface area contributed by atoms with Crippen LogP contribution in [0.5, 0.6) is 0 Å². The highest BCUT2D eigenvalue weighted by Gasteiger charge is 2.50. The zero-order chi connectivity index (χ0) is 28.1. The van der Waals surface area contributed by atoms with E-state index in [1.165, 1.54) is 55.3 Å². The van der Waals surface area contributed by atoms with Crippen LogP contribution in [0.1, 0.15) is 22.3 Å². The van der Waals surface area contributed by atoms with Gasteiger partial charge >= 0.3 is 0 Å². The lowest BCUT2D eigenvalue weighted by molar-refractivity contribution is 0.774. The molecule has 0 amide bonds. The van der Waals surface area contributed by atoms with E-state index in [1.54, 1.807) is 0 Å². The third-order valence-corrected chi connectivity index (χ3v) is 9.70. The van der Waals surface area contributed by atoms with Crippen molar-refractivity contribution in [2.75, 3.05) is 0 Å². The first-order valence-electron chi connectivity index (χ1n) is 14.8. The van der Waals surface area contributed by atoms with Crippen molar-refractivity contribution >= 4 is 32.6 Å². The Morgan fingerprint density at radius 3 is 1.86 bits per heavy atom. The van der Waals surface area contributed by atoms with Gasteiger partial charge in [-0.25, -0.2) is 4.98 Å². The fourth-order valence-electron chi connectivity index (χ4n) is 7.97. The summed E-state index contributed by atoms with van der Waals surface area (Å²) in [6, 6.07) is 51.2. The average molecular weight is 545 g/mol. The number of benzene rings is 6. The normalized spacial score (nSPS) is 13.8. The van der Waals surface area contributed by atoms with Gasteiger partial charge in [-0.1, -0.05) is 121 Å². The van der Waals surface area contributed by atoms with Crippen molar-refractivity contribution < 1.29 is 0 Å². The first-order valence-corrected chi connectivity index (χ1v) is 14.8. The smallest absolute Gasteiger partial charge is 0.0972 e. The Balaban J connectivity index is 1.33. The molecule has 198 valence electrons. The Kier molecular flexibility index (Phi) is 4.41. The van der Waals surface area contributed by atoms with E-state index in [0.29, 0.717) is 0 Å². The molecule has 0 fully saturated rings. The van der Waals surface area contributed by atoms with E-state index in [0.717, 1.165) is 33.1 Å². The Bertz CT molecular complexity index is 2420. The van der Waals surface area contributed by atoms with Crippen LogP contribution in [0.3, 0.4) is 0 Å². The van der Waals surface area contributed by atoms with Gasteiger partial charge in [0.15, 0.2) is 0 Å². The molecular formula is C41H24N2. The first kappa shape index (κ1) is 23.0. The Morgan fingerprint density at radius 1 is 0.419 bits per heavy atom. The Hall–Kier alpha value is -5.60. The molecule has 2 aromatic heterocycles. The number of pyridine rings is 2. The summed E-state index contributed by atoms with van der Waals surface area (Å²) in [5.41, 5.74) is 14.1. The molecule has 6 aromatic carbocycles. The van der Waals surface area contributed by atoms with E-state index in [2.05, 4.69) is 133 Å². The number of rotatable bonds is 1. The molecule has 43 heavy (non-hydrogen) atoms. The standard InChI is InChI=1S/C41H24N2/c1-3-14-33-29(11-1)30-12-2-4-15-34(30)41(33)35-16-6-9-25-8-5-13-32(38(25)35)31-21-19-28(24-36(31)41)37-22-20-27-18-17-26-10-7-23-42-39(26)40(27)43-37/h1-24H. The van der Waals surface area contributed by atoms with Crippen molar-refractivity contribution in [1.29, 1.82) is 0 Å². The Morgan fingerprint density at radius 2 is 1.05 bits per heavy atom. The second-order valence-electron chi connectivity index (χ2n) is 11.7. The molecule has 0 atom stereocenters. The van der Waals surface area contributed by atoms with Gasteiger partial charge in [-0.3, -0.25) is 4.98 Å². The van der Waals surface area contributed by atoms with Crippen LogP contribution in [-0.2, 0) is 5.41 Å². The quantitative estimate of drug-likeness (QED) is 0.192. The maximum atomic E-state index is 5.25. The van der Waals surface area contributed by atoms with Crippen molar-refractivity contribution in [3.63, 3.8) is 0 Å². The average Bonchev–Trinajstić information content (AvgIpc) is 3.37. The fraction of sp³-hybridized carbons (Fsp3) is 0.0244. The first-order chi connectivity index (χ1) is 21.3. The maximum absolute atomic E-state index is 5.25. The third-order valence-electron chi connectivity index (χ3n) is 9.70. The number of nitrogens with zero attached hydrogens (tertiary/aromatic N) is 2. The molecular weight excluding hydrogens is 520 g/mol. The van der Waals surface area contributed by atoms with Crippen LogP contribution in [-0.4, -0.2) is 9.97 Å². The topological polar surface area (TPSA) is 25.8 Å². The molecule has 0 saturated carbocycles. The van der Waals surface area contributed by atoms with E-state index in [4.69, 9.17) is 9.97 Å². The molecule has 8 aromatic rings. The highest BCUT2D eigenvalue weighted by Crippen LogP contribution is 2.62. The van der Waals surface area contributed by atoms with Gasteiger partial charge in [-0.05, 0) is 73.5 Å². The van der Waals surface area contributed by atoms with Gasteiger partial charge in [0, 0.05) is 22.5 Å². The van der Waals surface area contributed by atoms with Crippen molar-refractivity contribution in [3.05, 3.63) is 168 Å². The lowest BCUT2D eigenvalue weighted by Crippen LogP contribution is -2.31. The molecule has 2 aliphatic rings. The second-order valence-corrected chi connectivity index (χ2v) is 11.7. The van der Waals surface area contributed by atoms with E-state index < -0.39 is 5.41 Å². The molecule has 0 saturated heterocycles. The van der Waals surface area contributed by atoms with E-state index in [9.17, 15) is 0 Å². The number of aromatic nitrogens is 2. The van der Waals surface area contributed by atoms with Gasteiger partial charge in [0.05, 0.1) is 22.1 Å². The van der Waals surface area contributed by atoms with Crippen LogP contribution < -0.4 is 0 Å². The van der Waals surface area contributed by atoms with Crippen LogP contribution >= 0.6 is 0 Å². The minimum atomic E-state index is -0.433. The highest BCUT2D eigenvalue weighted by molar-refractivity contribution is 6.07. The second kappa shape index (κ2) is 8.24. The summed E-state index contributed by atoms with van der Waals surface area (Å²) >= 11 is 0. The summed E-state index contributed by atoms with van der Waals surface area (Å²) in [5.74, 6) is 0. The molecule has 2 heteroatoms. The molecule has 0 radical (unpaired) electrons. The van der Waals surface area contributed by atoms with E-state index >= 15 is 0 Å². The Labute approximate surface area is 248 Å². The zero-order valence-corrected chi connectivity index (χ0v) is 23.3. The van der Waals surface area contributed by atoms with Crippen molar-refractivity contribution in [3.8, 4) is 33.5 Å². The third kappa shape index (κ3) is 2.88. The summed E-state index contributed by atoms with van der Waals surface area (Å²) in [6.07, 6.45) is 1.85. The molecule has 2 heterocycles. The highest BCUT2D eigenvalue weighted by atomic mass is 14.8. The van der Waals surface area contributed by atoms with Gasteiger partial charge in [-0.2, -0.15) is 0 Å². The van der Waals surface area contributed by atoms with E-state index in [-0.39, 0.29) is 0 Å². The summed E-state index contributed by atoms with van der Waals surface area (Å²) in [5, 5.41) is 4.83. The van der Waals surface area contributed by atoms with Crippen LogP contribution in [0.4, 0.5) is 0 Å². The van der Waals surface area contributed by atoms with Crippen molar-refractivity contribution in [1.82, 2.24) is 9.97 Å². The van der Waals surface area contributed by atoms with E-state index in [1.807, 2.05) is 12.3 Å². The molecule has 0 bridgehead atoms. The van der Waals surface area contributed by atoms with Crippen LogP contribution in [0.15, 0.2) is 146 Å². The zero-order valence-electron chi connectivity index (χ0n) is 23.3. The molecule has 0 N–H and O–H groups in total. The minimum absolute atomic E-state index is 0.433. The molecule has 0 unspecified atom stereocenters. The molecule has 0 aliphatic heterocycles. The largest absolute Gasteiger partial charge is 0.254 e. The summed E-state index contributed by atoms with van der Waals surface area (Å²) in [4.78, 5) is 9.95. The number of fused-ring (bicyclic) bond motifs is 12. The molecule has 2 aliphatic carbocycles. The number of hydrogen-bond donors (Lipinski definition) is 0. The predicted molar refractivity (Wildman–Crippen MR) is 176 cm³/mol. The predicted octanol–water partition coefficient (Wildman–Crippen LogP) is 9.95. The van der Waals surface area contributed by atoms with Crippen LogP contribution in [0, 0.1) is 0 Å². The SMILES string of the molecule is c1ccc2c(c1)-c1ccccc1C21c2cc(-c3ccc4ccc5cccnc5c4n3)ccc2-c2cccc3cccc1c23. The molecule has 10 rings (SSSR count). The summed E-state index contributed by atoms with van der Waals surface area (Å²) in [6.45, 7) is 0. The maximum Gasteiger partial charge on any atom is 0.0972 e. The van der Waals surface area contributed by atoms with Gasteiger partial charge in [0.25, 0.3) is 0 Å². The number of hydrogen-bond acceptors (Lipinski definition) is 2. The fourth-order valence-corrected chi connectivity index (χ4v) is 7.97. The summed E-state index contributed by atoms with van der Waals surface area (Å²) in [7, 11) is 0. The van der Waals surface area contributed by atoms with Gasteiger partial charge in [0.1, 0.15) is 0 Å². The molecule has 1 spiro atoms. The summed E-state index contributed by atoms with van der Waals surface area (Å²) < 4.78 is 0. The lowest BCUT2D eigenvalue weighted by atomic mass is 9.61. The van der Waals surface area contributed by atoms with Crippen LogP contribution in [0.2, 0.25) is 0 Å². The van der Waals surface area contributed by atoms with Crippen molar-refractivity contribution in [2.24, 2.45) is 0 Å². The molecule has 2 nitrogen and oxygen atoms in total. The monoisotopic (exact) mass is 544 g/mol.